The number of anilines is 1. The number of hydrogen-bond acceptors (Lipinski definition) is 3. The number of carbonyl (C=O) groups excluding carboxylic acids is 1. The van der Waals surface area contributed by atoms with Crippen LogP contribution in [0, 0.1) is 11.6 Å². The Bertz CT molecular complexity index is 442. The van der Waals surface area contributed by atoms with Crippen LogP contribution in [0.5, 0.6) is 0 Å². The zero-order chi connectivity index (χ0) is 13.0. The third-order valence-corrected chi connectivity index (χ3v) is 2.27. The molecule has 4 N–H and O–H groups in total. The van der Waals surface area contributed by atoms with Gasteiger partial charge in [0.1, 0.15) is 22.3 Å². The highest BCUT2D eigenvalue weighted by Gasteiger charge is 2.12. The van der Waals surface area contributed by atoms with E-state index in [1.807, 2.05) is 0 Å². The second-order valence-electron chi connectivity index (χ2n) is 3.21. The molecule has 92 valence electrons. The van der Waals surface area contributed by atoms with Gasteiger partial charge in [0.2, 0.25) is 5.91 Å². The van der Waals surface area contributed by atoms with E-state index in [9.17, 15) is 13.6 Å². The first-order valence-corrected chi connectivity index (χ1v) is 5.09. The van der Waals surface area contributed by atoms with Crippen molar-refractivity contribution in [2.75, 3.05) is 18.9 Å². The Kier molecular flexibility index (Phi) is 4.33. The zero-order valence-electron chi connectivity index (χ0n) is 9.01. The summed E-state index contributed by atoms with van der Waals surface area (Å²) in [4.78, 5) is 10.8. The molecule has 1 aromatic rings. The molecule has 0 fully saturated rings. The quantitative estimate of drug-likeness (QED) is 0.698. The molecular formula is C10H11F2N3OS. The maximum absolute atomic E-state index is 13.5. The summed E-state index contributed by atoms with van der Waals surface area (Å²) in [6.45, 7) is -0.225. The van der Waals surface area contributed by atoms with Crippen molar-refractivity contribution in [1.29, 1.82) is 0 Å². The van der Waals surface area contributed by atoms with Crippen LogP contribution >= 0.6 is 12.2 Å². The third kappa shape index (κ3) is 3.35. The summed E-state index contributed by atoms with van der Waals surface area (Å²) >= 11 is 4.61. The van der Waals surface area contributed by atoms with Crippen LogP contribution in [0.4, 0.5) is 14.5 Å². The predicted molar refractivity (Wildman–Crippen MR) is 64.8 cm³/mol. The van der Waals surface area contributed by atoms with Crippen LogP contribution in [-0.4, -0.2) is 24.5 Å². The smallest absolute Gasteiger partial charge is 0.239 e. The minimum absolute atomic E-state index is 0.0966. The van der Waals surface area contributed by atoms with Gasteiger partial charge in [0.05, 0.1) is 6.54 Å². The summed E-state index contributed by atoms with van der Waals surface area (Å²) in [6, 6.07) is 2.02. The van der Waals surface area contributed by atoms with Gasteiger partial charge in [-0.05, 0) is 12.1 Å². The van der Waals surface area contributed by atoms with Crippen LogP contribution in [0.1, 0.15) is 5.56 Å². The van der Waals surface area contributed by atoms with Crippen LogP contribution in [0.15, 0.2) is 12.1 Å². The van der Waals surface area contributed by atoms with Gasteiger partial charge in [0, 0.05) is 12.6 Å². The molecule has 0 aliphatic heterocycles. The van der Waals surface area contributed by atoms with Crippen LogP contribution in [0.25, 0.3) is 0 Å². The fourth-order valence-electron chi connectivity index (χ4n) is 1.14. The molecule has 4 nitrogen and oxygen atoms in total. The first-order chi connectivity index (χ1) is 7.95. The van der Waals surface area contributed by atoms with Crippen LogP contribution in [-0.2, 0) is 4.79 Å². The Balaban J connectivity index is 2.94. The van der Waals surface area contributed by atoms with Gasteiger partial charge in [0.15, 0.2) is 0 Å². The Hall–Kier alpha value is -1.76. The highest BCUT2D eigenvalue weighted by Crippen LogP contribution is 2.20. The lowest BCUT2D eigenvalue weighted by Gasteiger charge is -2.09. The van der Waals surface area contributed by atoms with Crippen molar-refractivity contribution >= 4 is 28.8 Å². The lowest BCUT2D eigenvalue weighted by molar-refractivity contribution is -0.118. The molecule has 0 radical (unpaired) electrons. The SMILES string of the molecule is CNC(=O)CNc1c(F)cc(C(N)=S)cc1F. The minimum Gasteiger partial charge on any atom is -0.389 e. The summed E-state index contributed by atoms with van der Waals surface area (Å²) in [7, 11) is 1.42. The fraction of sp³-hybridized carbons (Fsp3) is 0.200. The highest BCUT2D eigenvalue weighted by atomic mass is 32.1. The molecular weight excluding hydrogens is 248 g/mol. The van der Waals surface area contributed by atoms with Gasteiger partial charge in [-0.25, -0.2) is 8.78 Å². The monoisotopic (exact) mass is 259 g/mol. The van der Waals surface area contributed by atoms with Crippen molar-refractivity contribution in [1.82, 2.24) is 5.32 Å². The van der Waals surface area contributed by atoms with Crippen molar-refractivity contribution < 1.29 is 13.6 Å². The van der Waals surface area contributed by atoms with Gasteiger partial charge in [0.25, 0.3) is 0 Å². The Morgan fingerprint density at radius 1 is 1.41 bits per heavy atom. The lowest BCUT2D eigenvalue weighted by Crippen LogP contribution is -2.26. The molecule has 17 heavy (non-hydrogen) atoms. The fourth-order valence-corrected chi connectivity index (χ4v) is 1.26. The molecule has 0 saturated carbocycles. The van der Waals surface area contributed by atoms with E-state index in [1.165, 1.54) is 7.05 Å². The Morgan fingerprint density at radius 2 is 1.94 bits per heavy atom. The van der Waals surface area contributed by atoms with Gasteiger partial charge in [-0.3, -0.25) is 4.79 Å². The highest BCUT2D eigenvalue weighted by molar-refractivity contribution is 7.80. The predicted octanol–water partition coefficient (Wildman–Crippen LogP) is 0.757. The molecule has 1 rings (SSSR count). The number of rotatable bonds is 4. The number of thiocarbonyl (C=S) groups is 1. The van der Waals surface area contributed by atoms with E-state index >= 15 is 0 Å². The average molecular weight is 259 g/mol. The minimum atomic E-state index is -0.850. The number of nitrogens with two attached hydrogens (primary N) is 1. The summed E-state index contributed by atoms with van der Waals surface area (Å²) in [5, 5.41) is 4.67. The van der Waals surface area contributed by atoms with Gasteiger partial charge < -0.3 is 16.4 Å². The molecule has 7 heteroatoms. The third-order valence-electron chi connectivity index (χ3n) is 2.03. The maximum atomic E-state index is 13.5. The molecule has 0 bridgehead atoms. The van der Waals surface area contributed by atoms with Crippen molar-refractivity contribution in [3.05, 3.63) is 29.3 Å². The topological polar surface area (TPSA) is 67.2 Å². The van der Waals surface area contributed by atoms with E-state index in [2.05, 4.69) is 22.9 Å². The van der Waals surface area contributed by atoms with E-state index in [0.29, 0.717) is 0 Å². The Labute approximate surface area is 102 Å². The standard InChI is InChI=1S/C10H11F2N3OS/c1-14-8(16)4-15-9-6(11)2-5(10(13)17)3-7(9)12/h2-3,15H,4H2,1H3,(H2,13,17)(H,14,16). The van der Waals surface area contributed by atoms with E-state index in [4.69, 9.17) is 5.73 Å². The number of halogens is 2. The van der Waals surface area contributed by atoms with Crippen LogP contribution in [0.3, 0.4) is 0 Å². The number of benzene rings is 1. The van der Waals surface area contributed by atoms with E-state index in [1.54, 1.807) is 0 Å². The van der Waals surface area contributed by atoms with Gasteiger partial charge in [-0.2, -0.15) is 0 Å². The zero-order valence-corrected chi connectivity index (χ0v) is 9.83. The van der Waals surface area contributed by atoms with Crippen molar-refractivity contribution in [3.8, 4) is 0 Å². The average Bonchev–Trinajstić information content (AvgIpc) is 2.27. The number of nitrogens with one attached hydrogen (secondary N) is 2. The molecule has 0 heterocycles. The first-order valence-electron chi connectivity index (χ1n) is 4.69. The number of hydrogen-bond donors (Lipinski definition) is 3. The summed E-state index contributed by atoms with van der Waals surface area (Å²) < 4.78 is 27.0. The molecule has 0 aliphatic rings. The summed E-state index contributed by atoms with van der Waals surface area (Å²) in [5.74, 6) is -2.09. The largest absolute Gasteiger partial charge is 0.389 e. The van der Waals surface area contributed by atoms with E-state index in [0.717, 1.165) is 12.1 Å². The molecule has 0 aliphatic carbocycles. The summed E-state index contributed by atoms with van der Waals surface area (Å²) in [6.07, 6.45) is 0. The van der Waals surface area contributed by atoms with Gasteiger partial charge in [-0.1, -0.05) is 12.2 Å². The molecule has 0 atom stereocenters. The van der Waals surface area contributed by atoms with E-state index in [-0.39, 0.29) is 28.7 Å². The number of amides is 1. The van der Waals surface area contributed by atoms with E-state index < -0.39 is 11.6 Å². The van der Waals surface area contributed by atoms with Crippen molar-refractivity contribution in [2.45, 2.75) is 0 Å². The molecule has 1 aromatic carbocycles. The molecule has 0 saturated heterocycles. The van der Waals surface area contributed by atoms with Crippen molar-refractivity contribution in [3.63, 3.8) is 0 Å². The second kappa shape index (κ2) is 5.53. The molecule has 1 amide bonds. The maximum Gasteiger partial charge on any atom is 0.239 e. The summed E-state index contributed by atoms with van der Waals surface area (Å²) in [5.41, 5.74) is 4.98. The van der Waals surface area contributed by atoms with Crippen molar-refractivity contribution in [2.24, 2.45) is 5.73 Å². The molecule has 0 aromatic heterocycles. The lowest BCUT2D eigenvalue weighted by atomic mass is 10.2. The van der Waals surface area contributed by atoms with Crippen LogP contribution in [0.2, 0.25) is 0 Å². The molecule has 0 spiro atoms. The second-order valence-corrected chi connectivity index (χ2v) is 3.65. The first kappa shape index (κ1) is 13.3. The van der Waals surface area contributed by atoms with Gasteiger partial charge in [-0.15, -0.1) is 0 Å². The van der Waals surface area contributed by atoms with Gasteiger partial charge >= 0.3 is 0 Å². The molecule has 0 unspecified atom stereocenters. The normalized spacial score (nSPS) is 9.82. The number of carbonyl (C=O) groups is 1. The Morgan fingerprint density at radius 3 is 2.35 bits per heavy atom. The number of likely N-dealkylation sites (N-methyl/N-ethyl adjacent to an activating group) is 1. The van der Waals surface area contributed by atoms with Crippen LogP contribution < -0.4 is 16.4 Å².